The molecule has 1 aromatic rings. The molecule has 1 N–H and O–H groups in total. The van der Waals surface area contributed by atoms with Crippen LogP contribution < -0.4 is 5.32 Å². The zero-order chi connectivity index (χ0) is 13.2. The summed E-state index contributed by atoms with van der Waals surface area (Å²) in [6.45, 7) is 0.813. The second-order valence-corrected chi connectivity index (χ2v) is 6.90. The number of hydrogen-bond donors (Lipinski definition) is 1. The molecule has 18 heavy (non-hydrogen) atoms. The van der Waals surface area contributed by atoms with Crippen molar-refractivity contribution in [2.24, 2.45) is 0 Å². The van der Waals surface area contributed by atoms with Gasteiger partial charge in [-0.25, -0.2) is 8.42 Å². The van der Waals surface area contributed by atoms with Crippen LogP contribution in [0.4, 0.5) is 0 Å². The Balaban J connectivity index is 2.35. The van der Waals surface area contributed by atoms with Crippen molar-refractivity contribution in [3.05, 3.63) is 29.3 Å². The first-order valence-corrected chi connectivity index (χ1v) is 7.72. The number of benzene rings is 1. The van der Waals surface area contributed by atoms with Gasteiger partial charge in [0.1, 0.15) is 5.25 Å². The van der Waals surface area contributed by atoms with Crippen molar-refractivity contribution in [3.63, 3.8) is 0 Å². The molecule has 0 bridgehead atoms. The van der Waals surface area contributed by atoms with E-state index in [1.165, 1.54) is 6.07 Å². The van der Waals surface area contributed by atoms with E-state index in [1.807, 2.05) is 0 Å². The fraction of sp³-hybridized carbons (Fsp3) is 0.500. The summed E-state index contributed by atoms with van der Waals surface area (Å²) in [5.74, 6) is 0. The molecule has 0 saturated carbocycles. The summed E-state index contributed by atoms with van der Waals surface area (Å²) in [5.41, 5.74) is 0. The first-order valence-electron chi connectivity index (χ1n) is 5.80. The topological polar surface area (TPSA) is 55.4 Å². The molecule has 2 atom stereocenters. The average Bonchev–Trinajstić information content (AvgIpc) is 2.38. The number of halogens is 1. The average molecular weight is 290 g/mol. The predicted molar refractivity (Wildman–Crippen MR) is 70.7 cm³/mol. The molecular weight excluding hydrogens is 274 g/mol. The van der Waals surface area contributed by atoms with Crippen LogP contribution >= 0.6 is 11.6 Å². The Labute approximate surface area is 112 Å². The third kappa shape index (κ3) is 2.69. The quantitative estimate of drug-likeness (QED) is 0.916. The minimum atomic E-state index is -3.42. The van der Waals surface area contributed by atoms with Gasteiger partial charge in [-0.05, 0) is 31.7 Å². The monoisotopic (exact) mass is 289 g/mol. The number of hydrogen-bond acceptors (Lipinski definition) is 4. The number of ether oxygens (including phenoxy) is 1. The van der Waals surface area contributed by atoms with Gasteiger partial charge < -0.3 is 10.1 Å². The van der Waals surface area contributed by atoms with E-state index in [2.05, 4.69) is 5.32 Å². The van der Waals surface area contributed by atoms with Crippen LogP contribution in [-0.4, -0.2) is 40.0 Å². The van der Waals surface area contributed by atoms with Gasteiger partial charge in [-0.1, -0.05) is 17.7 Å². The molecule has 0 radical (unpaired) electrons. The molecule has 4 nitrogen and oxygen atoms in total. The summed E-state index contributed by atoms with van der Waals surface area (Å²) in [5, 5.41) is 2.92. The number of nitrogens with one attached hydrogen (secondary N) is 1. The maximum atomic E-state index is 12.5. The Kier molecular flexibility index (Phi) is 4.27. The van der Waals surface area contributed by atoms with E-state index in [0.29, 0.717) is 18.1 Å². The number of sulfone groups is 1. The SMILES string of the molecule is CNC1CCOCC1S(=O)(=O)c1cccc(Cl)c1. The Hall–Kier alpha value is -0.620. The van der Waals surface area contributed by atoms with Crippen molar-refractivity contribution < 1.29 is 13.2 Å². The van der Waals surface area contributed by atoms with Gasteiger partial charge in [-0.2, -0.15) is 0 Å². The lowest BCUT2D eigenvalue weighted by molar-refractivity contribution is 0.0825. The van der Waals surface area contributed by atoms with Gasteiger partial charge in [0.2, 0.25) is 0 Å². The third-order valence-corrected chi connectivity index (χ3v) is 5.61. The first-order chi connectivity index (χ1) is 8.55. The summed E-state index contributed by atoms with van der Waals surface area (Å²) in [6, 6.07) is 6.28. The summed E-state index contributed by atoms with van der Waals surface area (Å²) in [4.78, 5) is 0.255. The molecule has 2 rings (SSSR count). The smallest absolute Gasteiger partial charge is 0.185 e. The Morgan fingerprint density at radius 2 is 2.22 bits per heavy atom. The highest BCUT2D eigenvalue weighted by Gasteiger charge is 2.36. The molecule has 0 aliphatic carbocycles. The molecule has 2 unspecified atom stereocenters. The molecule has 1 fully saturated rings. The molecule has 6 heteroatoms. The summed E-state index contributed by atoms with van der Waals surface area (Å²) in [6.07, 6.45) is 0.695. The normalized spacial score (nSPS) is 25.0. The molecule has 0 spiro atoms. The molecule has 0 aromatic heterocycles. The van der Waals surface area contributed by atoms with Crippen LogP contribution in [0.25, 0.3) is 0 Å². The van der Waals surface area contributed by atoms with Crippen molar-refractivity contribution in [2.75, 3.05) is 20.3 Å². The molecule has 100 valence electrons. The second kappa shape index (κ2) is 5.57. The minimum absolute atomic E-state index is 0.0808. The van der Waals surface area contributed by atoms with E-state index < -0.39 is 15.1 Å². The summed E-state index contributed by atoms with van der Waals surface area (Å²) < 4.78 is 30.4. The van der Waals surface area contributed by atoms with E-state index in [1.54, 1.807) is 25.2 Å². The van der Waals surface area contributed by atoms with Gasteiger partial charge in [0.05, 0.1) is 11.5 Å². The van der Waals surface area contributed by atoms with Crippen LogP contribution in [-0.2, 0) is 14.6 Å². The van der Waals surface area contributed by atoms with E-state index in [-0.39, 0.29) is 17.5 Å². The standard InChI is InChI=1S/C12H16ClNO3S/c1-14-11-5-6-17-8-12(11)18(15,16)10-4-2-3-9(13)7-10/h2-4,7,11-12,14H,5-6,8H2,1H3. The van der Waals surface area contributed by atoms with Gasteiger partial charge in [-0.15, -0.1) is 0 Å². The minimum Gasteiger partial charge on any atom is -0.380 e. The highest BCUT2D eigenvalue weighted by atomic mass is 35.5. The van der Waals surface area contributed by atoms with Crippen LogP contribution in [0.2, 0.25) is 5.02 Å². The van der Waals surface area contributed by atoms with Crippen molar-refractivity contribution >= 4 is 21.4 Å². The summed E-state index contributed by atoms with van der Waals surface area (Å²) in [7, 11) is -1.64. The fourth-order valence-electron chi connectivity index (χ4n) is 2.17. The third-order valence-electron chi connectivity index (χ3n) is 3.20. The van der Waals surface area contributed by atoms with Crippen molar-refractivity contribution in [2.45, 2.75) is 22.6 Å². The van der Waals surface area contributed by atoms with Gasteiger partial charge in [0, 0.05) is 17.7 Å². The van der Waals surface area contributed by atoms with Crippen molar-refractivity contribution in [3.8, 4) is 0 Å². The second-order valence-electron chi connectivity index (χ2n) is 4.30. The predicted octanol–water partition coefficient (Wildman–Crippen LogP) is 1.49. The fourth-order valence-corrected chi connectivity index (χ4v) is 4.31. The lowest BCUT2D eigenvalue weighted by Gasteiger charge is -2.30. The van der Waals surface area contributed by atoms with E-state index in [4.69, 9.17) is 16.3 Å². The maximum absolute atomic E-state index is 12.5. The molecule has 1 aliphatic rings. The molecule has 1 aliphatic heterocycles. The lowest BCUT2D eigenvalue weighted by Crippen LogP contribution is -2.49. The van der Waals surface area contributed by atoms with Gasteiger partial charge in [-0.3, -0.25) is 0 Å². The molecule has 1 aromatic carbocycles. The zero-order valence-corrected chi connectivity index (χ0v) is 11.7. The van der Waals surface area contributed by atoms with E-state index >= 15 is 0 Å². The Morgan fingerprint density at radius 1 is 1.44 bits per heavy atom. The lowest BCUT2D eigenvalue weighted by atomic mass is 10.1. The first kappa shape index (κ1) is 13.8. The van der Waals surface area contributed by atoms with Gasteiger partial charge >= 0.3 is 0 Å². The molecule has 1 heterocycles. The Bertz CT molecular complexity index is 518. The highest BCUT2D eigenvalue weighted by molar-refractivity contribution is 7.92. The van der Waals surface area contributed by atoms with E-state index in [0.717, 1.165) is 0 Å². The maximum Gasteiger partial charge on any atom is 0.185 e. The summed E-state index contributed by atoms with van der Waals surface area (Å²) >= 11 is 5.85. The largest absolute Gasteiger partial charge is 0.380 e. The van der Waals surface area contributed by atoms with Gasteiger partial charge in [0.25, 0.3) is 0 Å². The van der Waals surface area contributed by atoms with Crippen LogP contribution in [0.3, 0.4) is 0 Å². The van der Waals surface area contributed by atoms with Crippen LogP contribution in [0.5, 0.6) is 0 Å². The molecular formula is C12H16ClNO3S. The molecule has 1 saturated heterocycles. The van der Waals surface area contributed by atoms with Crippen molar-refractivity contribution in [1.29, 1.82) is 0 Å². The van der Waals surface area contributed by atoms with E-state index in [9.17, 15) is 8.42 Å². The van der Waals surface area contributed by atoms with Crippen LogP contribution in [0.1, 0.15) is 6.42 Å². The van der Waals surface area contributed by atoms with Crippen LogP contribution in [0.15, 0.2) is 29.2 Å². The Morgan fingerprint density at radius 3 is 2.89 bits per heavy atom. The highest BCUT2D eigenvalue weighted by Crippen LogP contribution is 2.24. The molecule has 0 amide bonds. The van der Waals surface area contributed by atoms with Gasteiger partial charge in [0.15, 0.2) is 9.84 Å². The number of rotatable bonds is 3. The zero-order valence-electron chi connectivity index (χ0n) is 10.1. The van der Waals surface area contributed by atoms with Crippen LogP contribution in [0, 0.1) is 0 Å². The van der Waals surface area contributed by atoms with Crippen molar-refractivity contribution in [1.82, 2.24) is 5.32 Å².